The summed E-state index contributed by atoms with van der Waals surface area (Å²) in [5.74, 6) is -0.809. The second-order valence-corrected chi connectivity index (χ2v) is 5.30. The first kappa shape index (κ1) is 14.4. The second-order valence-electron chi connectivity index (χ2n) is 5.30. The highest BCUT2D eigenvalue weighted by molar-refractivity contribution is 5.73. The highest BCUT2D eigenvalue weighted by atomic mass is 16.4. The molecule has 0 aromatic carbocycles. The lowest BCUT2D eigenvalue weighted by Gasteiger charge is -2.32. The van der Waals surface area contributed by atoms with E-state index in [9.17, 15) is 9.90 Å². The largest absolute Gasteiger partial charge is 0.481 e. The molecular formula is C11H23NO3. The normalized spacial score (nSPS) is 13.3. The Morgan fingerprint density at radius 2 is 1.67 bits per heavy atom. The van der Waals surface area contributed by atoms with Crippen LogP contribution < -0.4 is 0 Å². The zero-order valence-corrected chi connectivity index (χ0v) is 10.4. The SMILES string of the molecule is CCN(CC(C)(C)O)CC(C)(C)C(=O)O. The standard InChI is InChI=1S/C11H23NO3/c1-6-12(8-11(4,5)15)7-10(2,3)9(13)14/h15H,6-8H2,1-5H3,(H,13,14). The fourth-order valence-corrected chi connectivity index (χ4v) is 1.45. The lowest BCUT2D eigenvalue weighted by Crippen LogP contribution is -2.45. The maximum absolute atomic E-state index is 10.9. The van der Waals surface area contributed by atoms with Crippen molar-refractivity contribution in [3.05, 3.63) is 0 Å². The van der Waals surface area contributed by atoms with Crippen LogP contribution in [0.1, 0.15) is 34.6 Å². The highest BCUT2D eigenvalue weighted by Gasteiger charge is 2.30. The molecule has 0 aliphatic rings. The number of aliphatic hydroxyl groups is 1. The Morgan fingerprint density at radius 3 is 1.93 bits per heavy atom. The Bertz CT molecular complexity index is 218. The number of aliphatic carboxylic acids is 1. The van der Waals surface area contributed by atoms with Gasteiger partial charge < -0.3 is 10.2 Å². The molecule has 4 heteroatoms. The molecule has 15 heavy (non-hydrogen) atoms. The van der Waals surface area contributed by atoms with E-state index in [4.69, 9.17) is 5.11 Å². The fourth-order valence-electron chi connectivity index (χ4n) is 1.45. The molecule has 0 atom stereocenters. The minimum absolute atomic E-state index is 0.447. The topological polar surface area (TPSA) is 60.8 Å². The third-order valence-electron chi connectivity index (χ3n) is 2.26. The van der Waals surface area contributed by atoms with Crippen LogP contribution in [0.15, 0.2) is 0 Å². The Morgan fingerprint density at radius 1 is 1.20 bits per heavy atom. The van der Waals surface area contributed by atoms with Crippen molar-refractivity contribution in [1.82, 2.24) is 4.90 Å². The molecule has 0 amide bonds. The van der Waals surface area contributed by atoms with Gasteiger partial charge in [-0.25, -0.2) is 0 Å². The van der Waals surface area contributed by atoms with Crippen LogP contribution in [0.25, 0.3) is 0 Å². The summed E-state index contributed by atoms with van der Waals surface area (Å²) in [4.78, 5) is 12.9. The highest BCUT2D eigenvalue weighted by Crippen LogP contribution is 2.18. The van der Waals surface area contributed by atoms with Crippen molar-refractivity contribution >= 4 is 5.97 Å². The van der Waals surface area contributed by atoms with E-state index < -0.39 is 17.0 Å². The molecule has 0 rings (SSSR count). The van der Waals surface area contributed by atoms with E-state index in [0.29, 0.717) is 13.1 Å². The van der Waals surface area contributed by atoms with Gasteiger partial charge in [0.15, 0.2) is 0 Å². The number of carboxylic acids is 1. The molecule has 0 bridgehead atoms. The van der Waals surface area contributed by atoms with Crippen molar-refractivity contribution in [1.29, 1.82) is 0 Å². The first-order valence-corrected chi connectivity index (χ1v) is 5.26. The molecule has 0 aliphatic heterocycles. The van der Waals surface area contributed by atoms with Gasteiger partial charge in [0.1, 0.15) is 0 Å². The molecule has 0 saturated heterocycles. The molecule has 90 valence electrons. The second kappa shape index (κ2) is 4.94. The zero-order chi connectivity index (χ0) is 12.3. The van der Waals surface area contributed by atoms with E-state index in [1.807, 2.05) is 11.8 Å². The number of carbonyl (C=O) groups is 1. The molecule has 0 unspecified atom stereocenters. The predicted octanol–water partition coefficient (Wildman–Crippen LogP) is 1.19. The average molecular weight is 217 g/mol. The molecule has 0 saturated carbocycles. The predicted molar refractivity (Wildman–Crippen MR) is 59.8 cm³/mol. The number of nitrogens with zero attached hydrogens (tertiary/aromatic N) is 1. The molecular weight excluding hydrogens is 194 g/mol. The zero-order valence-electron chi connectivity index (χ0n) is 10.4. The number of rotatable bonds is 6. The fraction of sp³-hybridized carbons (Fsp3) is 0.909. The van der Waals surface area contributed by atoms with Gasteiger partial charge in [-0.1, -0.05) is 6.92 Å². The minimum atomic E-state index is -0.809. The Kier molecular flexibility index (Phi) is 4.74. The van der Waals surface area contributed by atoms with Crippen LogP contribution in [-0.2, 0) is 4.79 Å². The van der Waals surface area contributed by atoms with Crippen LogP contribution in [0.4, 0.5) is 0 Å². The quantitative estimate of drug-likeness (QED) is 0.701. The molecule has 2 N–H and O–H groups in total. The summed E-state index contributed by atoms with van der Waals surface area (Å²) in [7, 11) is 0. The molecule has 4 nitrogen and oxygen atoms in total. The lowest BCUT2D eigenvalue weighted by atomic mass is 9.92. The van der Waals surface area contributed by atoms with Gasteiger partial charge in [-0.15, -0.1) is 0 Å². The van der Waals surface area contributed by atoms with Crippen LogP contribution >= 0.6 is 0 Å². The maximum Gasteiger partial charge on any atom is 0.310 e. The number of likely N-dealkylation sites (N-methyl/N-ethyl adjacent to an activating group) is 1. The van der Waals surface area contributed by atoms with Crippen LogP contribution in [-0.4, -0.2) is 46.3 Å². The van der Waals surface area contributed by atoms with E-state index in [0.717, 1.165) is 6.54 Å². The summed E-state index contributed by atoms with van der Waals surface area (Å²) in [6.45, 7) is 10.5. The summed E-state index contributed by atoms with van der Waals surface area (Å²) in [5, 5.41) is 18.7. The van der Waals surface area contributed by atoms with Crippen molar-refractivity contribution in [3.63, 3.8) is 0 Å². The number of hydrogen-bond donors (Lipinski definition) is 2. The van der Waals surface area contributed by atoms with Gasteiger partial charge in [0, 0.05) is 13.1 Å². The van der Waals surface area contributed by atoms with E-state index in [-0.39, 0.29) is 0 Å². The molecule has 0 heterocycles. The van der Waals surface area contributed by atoms with E-state index in [2.05, 4.69) is 0 Å². The first-order chi connectivity index (χ1) is 6.58. The van der Waals surface area contributed by atoms with Gasteiger partial charge in [0.25, 0.3) is 0 Å². The van der Waals surface area contributed by atoms with E-state index >= 15 is 0 Å². The van der Waals surface area contributed by atoms with Crippen molar-refractivity contribution in [2.24, 2.45) is 5.41 Å². The number of hydrogen-bond acceptors (Lipinski definition) is 3. The van der Waals surface area contributed by atoms with E-state index in [1.165, 1.54) is 0 Å². The van der Waals surface area contributed by atoms with Crippen molar-refractivity contribution < 1.29 is 15.0 Å². The summed E-state index contributed by atoms with van der Waals surface area (Å²) in [6.07, 6.45) is 0. The Labute approximate surface area is 91.9 Å². The van der Waals surface area contributed by atoms with Gasteiger partial charge in [0.05, 0.1) is 11.0 Å². The van der Waals surface area contributed by atoms with Crippen LogP contribution in [0, 0.1) is 5.41 Å². The first-order valence-electron chi connectivity index (χ1n) is 5.26. The van der Waals surface area contributed by atoms with Gasteiger partial charge in [-0.3, -0.25) is 9.69 Å². The molecule has 0 aliphatic carbocycles. The monoisotopic (exact) mass is 217 g/mol. The van der Waals surface area contributed by atoms with Crippen LogP contribution in [0.3, 0.4) is 0 Å². The third-order valence-corrected chi connectivity index (χ3v) is 2.26. The molecule has 0 aromatic heterocycles. The van der Waals surface area contributed by atoms with Gasteiger partial charge >= 0.3 is 5.97 Å². The molecule has 0 spiro atoms. The minimum Gasteiger partial charge on any atom is -0.481 e. The Balaban J connectivity index is 4.40. The van der Waals surface area contributed by atoms with Crippen LogP contribution in [0.5, 0.6) is 0 Å². The van der Waals surface area contributed by atoms with Gasteiger partial charge in [0.2, 0.25) is 0 Å². The number of carboxylic acid groups (broad SMARTS) is 1. The average Bonchev–Trinajstić information content (AvgIpc) is 1.99. The molecule has 0 fully saturated rings. The third kappa shape index (κ3) is 5.74. The van der Waals surface area contributed by atoms with Crippen LogP contribution in [0.2, 0.25) is 0 Å². The maximum atomic E-state index is 10.9. The molecule has 0 aromatic rings. The summed E-state index contributed by atoms with van der Waals surface area (Å²) in [5.41, 5.74) is -1.56. The van der Waals surface area contributed by atoms with Gasteiger partial charge in [-0.2, -0.15) is 0 Å². The summed E-state index contributed by atoms with van der Waals surface area (Å²) < 4.78 is 0. The molecule has 0 radical (unpaired) electrons. The van der Waals surface area contributed by atoms with Gasteiger partial charge in [-0.05, 0) is 34.2 Å². The van der Waals surface area contributed by atoms with Crippen molar-refractivity contribution in [3.8, 4) is 0 Å². The smallest absolute Gasteiger partial charge is 0.310 e. The van der Waals surface area contributed by atoms with E-state index in [1.54, 1.807) is 27.7 Å². The lowest BCUT2D eigenvalue weighted by molar-refractivity contribution is -0.148. The Hall–Kier alpha value is -0.610. The summed E-state index contributed by atoms with van der Waals surface area (Å²) >= 11 is 0. The van der Waals surface area contributed by atoms with Crippen molar-refractivity contribution in [2.75, 3.05) is 19.6 Å². The van der Waals surface area contributed by atoms with Crippen molar-refractivity contribution in [2.45, 2.75) is 40.2 Å². The summed E-state index contributed by atoms with van der Waals surface area (Å²) in [6, 6.07) is 0.